The zero-order valence-corrected chi connectivity index (χ0v) is 12.0. The predicted octanol–water partition coefficient (Wildman–Crippen LogP) is 2.35. The highest BCUT2D eigenvalue weighted by Gasteiger charge is 2.23. The molecule has 0 aliphatic rings. The summed E-state index contributed by atoms with van der Waals surface area (Å²) in [6.07, 6.45) is -0.0299. The maximum atomic E-state index is 11.7. The van der Waals surface area contributed by atoms with Crippen molar-refractivity contribution in [2.45, 2.75) is 47.1 Å². The fraction of sp³-hybridized carbons (Fsp3) is 0.846. The molecule has 0 rings (SSSR count). The molecule has 1 amide bonds. The molecule has 106 valence electrons. The molecule has 0 aromatic carbocycles. The van der Waals surface area contributed by atoms with Gasteiger partial charge in [0.15, 0.2) is 0 Å². The second-order valence-electron chi connectivity index (χ2n) is 5.07. The number of carbonyl (C=O) groups excluding carboxylic acids is 2. The topological polar surface area (TPSA) is 64.6 Å². The summed E-state index contributed by atoms with van der Waals surface area (Å²) in [5, 5.41) is 2.55. The van der Waals surface area contributed by atoms with Gasteiger partial charge < -0.3 is 14.8 Å². The second-order valence-corrected chi connectivity index (χ2v) is 5.07. The van der Waals surface area contributed by atoms with E-state index in [0.717, 1.165) is 0 Å². The van der Waals surface area contributed by atoms with Gasteiger partial charge in [0.25, 0.3) is 0 Å². The van der Waals surface area contributed by atoms with Gasteiger partial charge in [0.05, 0.1) is 13.2 Å². The predicted molar refractivity (Wildman–Crippen MR) is 69.2 cm³/mol. The Morgan fingerprint density at radius 3 is 2.11 bits per heavy atom. The molecule has 1 atom stereocenters. The maximum absolute atomic E-state index is 11.7. The van der Waals surface area contributed by atoms with Crippen LogP contribution >= 0.6 is 0 Å². The van der Waals surface area contributed by atoms with Crippen LogP contribution in [0.25, 0.3) is 0 Å². The first-order valence-corrected chi connectivity index (χ1v) is 6.46. The summed E-state index contributed by atoms with van der Waals surface area (Å²) >= 11 is 0. The lowest BCUT2D eigenvalue weighted by atomic mass is 10.0. The number of nitrogens with one attached hydrogen (secondary N) is 1. The lowest BCUT2D eigenvalue weighted by molar-refractivity contribution is -0.146. The van der Waals surface area contributed by atoms with Crippen molar-refractivity contribution in [2.75, 3.05) is 13.2 Å². The number of esters is 1. The average molecular weight is 259 g/mol. The molecule has 18 heavy (non-hydrogen) atoms. The van der Waals surface area contributed by atoms with Gasteiger partial charge in [-0.2, -0.15) is 0 Å². The molecule has 0 aliphatic heterocycles. The van der Waals surface area contributed by atoms with Gasteiger partial charge >= 0.3 is 12.1 Å². The number of hydrogen-bond donors (Lipinski definition) is 1. The van der Waals surface area contributed by atoms with Crippen molar-refractivity contribution < 1.29 is 19.1 Å². The van der Waals surface area contributed by atoms with Crippen molar-refractivity contribution >= 4 is 12.1 Å². The van der Waals surface area contributed by atoms with E-state index in [4.69, 9.17) is 9.47 Å². The second kappa shape index (κ2) is 8.78. The van der Waals surface area contributed by atoms with Crippen LogP contribution in [-0.4, -0.2) is 31.3 Å². The third-order valence-electron chi connectivity index (χ3n) is 2.12. The number of amides is 1. The fourth-order valence-electron chi connectivity index (χ4n) is 1.35. The molecule has 5 nitrogen and oxygen atoms in total. The largest absolute Gasteiger partial charge is 0.464 e. The molecular weight excluding hydrogens is 234 g/mol. The van der Waals surface area contributed by atoms with Crippen molar-refractivity contribution in [1.82, 2.24) is 5.32 Å². The zero-order valence-electron chi connectivity index (χ0n) is 12.0. The van der Waals surface area contributed by atoms with E-state index in [-0.39, 0.29) is 11.8 Å². The van der Waals surface area contributed by atoms with E-state index < -0.39 is 18.1 Å². The molecule has 0 aromatic rings. The van der Waals surface area contributed by atoms with Crippen molar-refractivity contribution in [3.63, 3.8) is 0 Å². The molecule has 0 spiro atoms. The van der Waals surface area contributed by atoms with Gasteiger partial charge in [-0.05, 0) is 25.2 Å². The third kappa shape index (κ3) is 7.92. The number of alkyl carbamates (subject to hydrolysis) is 1. The minimum absolute atomic E-state index is 0.266. The van der Waals surface area contributed by atoms with Crippen LogP contribution in [0, 0.1) is 11.8 Å². The van der Waals surface area contributed by atoms with Crippen LogP contribution < -0.4 is 5.32 Å². The normalized spacial score (nSPS) is 12.4. The van der Waals surface area contributed by atoms with E-state index in [1.807, 2.05) is 27.7 Å². The number of hydrogen-bond acceptors (Lipinski definition) is 4. The summed E-state index contributed by atoms with van der Waals surface area (Å²) in [5.41, 5.74) is 0. The summed E-state index contributed by atoms with van der Waals surface area (Å²) < 4.78 is 9.91. The molecule has 0 saturated heterocycles. The SMILES string of the molecule is CCOC(=O)C(CC(C)C)NC(=O)OCC(C)C. The minimum atomic E-state index is -0.635. The highest BCUT2D eigenvalue weighted by atomic mass is 16.6. The Morgan fingerprint density at radius 1 is 1.06 bits per heavy atom. The summed E-state index contributed by atoms with van der Waals surface area (Å²) in [5.74, 6) is 0.138. The van der Waals surface area contributed by atoms with E-state index in [1.54, 1.807) is 6.92 Å². The van der Waals surface area contributed by atoms with Crippen LogP contribution in [0.1, 0.15) is 41.0 Å². The van der Waals surface area contributed by atoms with E-state index in [2.05, 4.69) is 5.32 Å². The Bertz CT molecular complexity index is 264. The summed E-state index contributed by atoms with van der Waals surface area (Å²) in [6.45, 7) is 10.2. The van der Waals surface area contributed by atoms with Crippen LogP contribution in [0.2, 0.25) is 0 Å². The van der Waals surface area contributed by atoms with Crippen molar-refractivity contribution in [1.29, 1.82) is 0 Å². The monoisotopic (exact) mass is 259 g/mol. The fourth-order valence-corrected chi connectivity index (χ4v) is 1.35. The highest BCUT2D eigenvalue weighted by Crippen LogP contribution is 2.07. The molecule has 5 heteroatoms. The van der Waals surface area contributed by atoms with Gasteiger partial charge in [-0.15, -0.1) is 0 Å². The summed E-state index contributed by atoms with van der Waals surface area (Å²) in [6, 6.07) is -0.635. The first-order chi connectivity index (χ1) is 8.36. The van der Waals surface area contributed by atoms with Gasteiger partial charge in [0.2, 0.25) is 0 Å². The van der Waals surface area contributed by atoms with Crippen molar-refractivity contribution in [3.05, 3.63) is 0 Å². The smallest absolute Gasteiger partial charge is 0.407 e. The first-order valence-electron chi connectivity index (χ1n) is 6.46. The Labute approximate surface area is 109 Å². The lowest BCUT2D eigenvalue weighted by Crippen LogP contribution is -2.43. The van der Waals surface area contributed by atoms with Crippen LogP contribution in [0.3, 0.4) is 0 Å². The van der Waals surface area contributed by atoms with Crippen molar-refractivity contribution in [3.8, 4) is 0 Å². The molecule has 1 unspecified atom stereocenters. The standard InChI is InChI=1S/C13H25NO4/c1-6-17-12(15)11(7-9(2)3)14-13(16)18-8-10(4)5/h9-11H,6-8H2,1-5H3,(H,14,16). The van der Waals surface area contributed by atoms with E-state index in [9.17, 15) is 9.59 Å². The number of ether oxygens (including phenoxy) is 2. The molecule has 0 radical (unpaired) electrons. The van der Waals surface area contributed by atoms with Gasteiger partial charge in [0, 0.05) is 0 Å². The average Bonchev–Trinajstić information content (AvgIpc) is 2.25. The Hall–Kier alpha value is -1.26. The Morgan fingerprint density at radius 2 is 1.67 bits per heavy atom. The van der Waals surface area contributed by atoms with Crippen molar-refractivity contribution in [2.24, 2.45) is 11.8 Å². The number of rotatable bonds is 7. The zero-order chi connectivity index (χ0) is 14.1. The quantitative estimate of drug-likeness (QED) is 0.713. The third-order valence-corrected chi connectivity index (χ3v) is 2.12. The Kier molecular flexibility index (Phi) is 8.16. The maximum Gasteiger partial charge on any atom is 0.407 e. The van der Waals surface area contributed by atoms with E-state index in [1.165, 1.54) is 0 Å². The molecule has 0 aliphatic carbocycles. The molecule has 0 aromatic heterocycles. The first kappa shape index (κ1) is 16.7. The molecular formula is C13H25NO4. The van der Waals surface area contributed by atoms with Crippen LogP contribution in [0.15, 0.2) is 0 Å². The highest BCUT2D eigenvalue weighted by molar-refractivity contribution is 5.81. The van der Waals surface area contributed by atoms with Gasteiger partial charge in [-0.1, -0.05) is 27.7 Å². The van der Waals surface area contributed by atoms with Gasteiger partial charge in [-0.25, -0.2) is 9.59 Å². The van der Waals surface area contributed by atoms with Gasteiger partial charge in [-0.3, -0.25) is 0 Å². The van der Waals surface area contributed by atoms with Crippen LogP contribution in [0.5, 0.6) is 0 Å². The lowest BCUT2D eigenvalue weighted by Gasteiger charge is -2.19. The summed E-state index contributed by atoms with van der Waals surface area (Å²) in [7, 11) is 0. The molecule has 1 N–H and O–H groups in total. The molecule has 0 bridgehead atoms. The summed E-state index contributed by atoms with van der Waals surface area (Å²) in [4.78, 5) is 23.2. The molecule has 0 saturated carbocycles. The minimum Gasteiger partial charge on any atom is -0.464 e. The number of carbonyl (C=O) groups is 2. The molecule has 0 heterocycles. The Balaban J connectivity index is 4.30. The van der Waals surface area contributed by atoms with Gasteiger partial charge in [0.1, 0.15) is 6.04 Å². The van der Waals surface area contributed by atoms with Crippen LogP contribution in [0.4, 0.5) is 4.79 Å². The van der Waals surface area contributed by atoms with Crippen LogP contribution in [-0.2, 0) is 14.3 Å². The van der Waals surface area contributed by atoms with E-state index in [0.29, 0.717) is 19.6 Å². The molecule has 0 fully saturated rings. The van der Waals surface area contributed by atoms with E-state index >= 15 is 0 Å².